The van der Waals surface area contributed by atoms with Crippen molar-refractivity contribution in [3.05, 3.63) is 52.5 Å². The predicted molar refractivity (Wildman–Crippen MR) is 85.8 cm³/mol. The molecule has 25 heavy (non-hydrogen) atoms. The Kier molecular flexibility index (Phi) is 3.87. The fraction of sp³-hybridized carbons (Fsp3) is 0.188. The summed E-state index contributed by atoms with van der Waals surface area (Å²) < 4.78 is 38.0. The Morgan fingerprint density at radius 3 is 2.80 bits per heavy atom. The summed E-state index contributed by atoms with van der Waals surface area (Å²) in [5.41, 5.74) is 0.0348. The van der Waals surface area contributed by atoms with Crippen LogP contribution in [0.2, 0.25) is 0 Å². The number of nitrogens with zero attached hydrogens (tertiary/aromatic N) is 3. The van der Waals surface area contributed by atoms with Crippen molar-refractivity contribution in [3.8, 4) is 11.7 Å². The second-order valence-electron chi connectivity index (χ2n) is 5.56. The zero-order valence-corrected chi connectivity index (χ0v) is 14.2. The Hall–Kier alpha value is -2.55. The summed E-state index contributed by atoms with van der Waals surface area (Å²) in [6.45, 7) is 0.183. The van der Waals surface area contributed by atoms with Crippen LogP contribution < -0.4 is 4.90 Å². The van der Waals surface area contributed by atoms with Crippen molar-refractivity contribution >= 4 is 27.5 Å². The fourth-order valence-electron chi connectivity index (χ4n) is 2.74. The van der Waals surface area contributed by atoms with E-state index in [1.54, 1.807) is 12.1 Å². The Morgan fingerprint density at radius 2 is 2.08 bits per heavy atom. The number of rotatable bonds is 3. The van der Waals surface area contributed by atoms with Crippen molar-refractivity contribution < 1.29 is 22.5 Å². The number of amides is 1. The molecule has 1 saturated heterocycles. The van der Waals surface area contributed by atoms with Crippen molar-refractivity contribution in [1.82, 2.24) is 10.1 Å². The van der Waals surface area contributed by atoms with Gasteiger partial charge < -0.3 is 13.8 Å². The highest BCUT2D eigenvalue weighted by Crippen LogP contribution is 2.33. The van der Waals surface area contributed by atoms with E-state index in [-0.39, 0.29) is 36.4 Å². The topological polar surface area (TPSA) is 72.4 Å². The third kappa shape index (κ3) is 2.95. The molecule has 3 heterocycles. The van der Waals surface area contributed by atoms with Gasteiger partial charge in [0.05, 0.1) is 5.69 Å². The summed E-state index contributed by atoms with van der Waals surface area (Å²) >= 11 is 3.19. The Balaban J connectivity index is 1.57. The zero-order chi connectivity index (χ0) is 17.6. The minimum absolute atomic E-state index is 0.0348. The SMILES string of the molecule is O=C1CC(c2noc(-c3ccc(Br)o3)n2)CN1c1ccc(F)cc1F. The number of anilines is 1. The van der Waals surface area contributed by atoms with Gasteiger partial charge in [-0.15, -0.1) is 0 Å². The quantitative estimate of drug-likeness (QED) is 0.655. The van der Waals surface area contributed by atoms with E-state index in [2.05, 4.69) is 26.1 Å². The van der Waals surface area contributed by atoms with Crippen LogP contribution in [0.5, 0.6) is 0 Å². The van der Waals surface area contributed by atoms with E-state index in [0.717, 1.165) is 12.1 Å². The van der Waals surface area contributed by atoms with Crippen molar-refractivity contribution in [2.75, 3.05) is 11.4 Å². The summed E-state index contributed by atoms with van der Waals surface area (Å²) in [6, 6.07) is 6.46. The van der Waals surface area contributed by atoms with Crippen molar-refractivity contribution in [3.63, 3.8) is 0 Å². The van der Waals surface area contributed by atoms with Gasteiger partial charge in [0.2, 0.25) is 5.91 Å². The first kappa shape index (κ1) is 15.9. The largest absolute Gasteiger partial charge is 0.444 e. The van der Waals surface area contributed by atoms with E-state index in [1.807, 2.05) is 0 Å². The van der Waals surface area contributed by atoms with Crippen LogP contribution in [0.1, 0.15) is 18.2 Å². The summed E-state index contributed by atoms with van der Waals surface area (Å²) in [7, 11) is 0. The van der Waals surface area contributed by atoms with Crippen LogP contribution in [-0.4, -0.2) is 22.6 Å². The number of halogens is 3. The molecule has 1 aliphatic heterocycles. The number of carbonyl (C=O) groups excluding carboxylic acids is 1. The molecule has 1 aromatic carbocycles. The van der Waals surface area contributed by atoms with Crippen molar-refractivity contribution in [2.45, 2.75) is 12.3 Å². The second-order valence-corrected chi connectivity index (χ2v) is 6.34. The van der Waals surface area contributed by atoms with Gasteiger partial charge in [-0.2, -0.15) is 4.98 Å². The summed E-state index contributed by atoms with van der Waals surface area (Å²) in [6.07, 6.45) is 0.109. The van der Waals surface area contributed by atoms with Crippen LogP contribution in [0, 0.1) is 11.6 Å². The molecule has 4 rings (SSSR count). The molecule has 0 aliphatic carbocycles. The number of carbonyl (C=O) groups is 1. The molecule has 3 aromatic rings. The first-order valence-electron chi connectivity index (χ1n) is 7.36. The molecular formula is C16H10BrF2N3O3. The predicted octanol–water partition coefficient (Wildman–Crippen LogP) is 3.89. The maximum atomic E-state index is 13.9. The normalized spacial score (nSPS) is 17.5. The molecule has 2 aromatic heterocycles. The lowest BCUT2D eigenvalue weighted by Gasteiger charge is -2.16. The van der Waals surface area contributed by atoms with Gasteiger partial charge in [-0.05, 0) is 40.2 Å². The Morgan fingerprint density at radius 1 is 1.24 bits per heavy atom. The molecule has 1 unspecified atom stereocenters. The third-order valence-electron chi connectivity index (χ3n) is 3.92. The molecule has 1 fully saturated rings. The van der Waals surface area contributed by atoms with Crippen LogP contribution in [0.15, 0.2) is 43.9 Å². The molecule has 0 bridgehead atoms. The third-order valence-corrected chi connectivity index (χ3v) is 4.34. The standard InChI is InChI=1S/C16H10BrF2N3O3/c17-13-4-3-12(24-13)16-20-15(21-25-16)8-5-14(23)22(7-8)11-2-1-9(18)6-10(11)19/h1-4,6,8H,5,7H2. The molecule has 9 heteroatoms. The molecule has 1 atom stereocenters. The average molecular weight is 410 g/mol. The minimum Gasteiger partial charge on any atom is -0.444 e. The van der Waals surface area contributed by atoms with Gasteiger partial charge in [-0.3, -0.25) is 4.79 Å². The number of hydrogen-bond acceptors (Lipinski definition) is 5. The van der Waals surface area contributed by atoms with Crippen LogP contribution in [0.25, 0.3) is 11.7 Å². The molecule has 1 amide bonds. The molecule has 128 valence electrons. The minimum atomic E-state index is -0.789. The highest BCUT2D eigenvalue weighted by Gasteiger charge is 2.36. The Labute approximate surface area is 148 Å². The number of hydrogen-bond donors (Lipinski definition) is 0. The van der Waals surface area contributed by atoms with Crippen molar-refractivity contribution in [2.24, 2.45) is 0 Å². The Bertz CT molecular complexity index is 956. The zero-order valence-electron chi connectivity index (χ0n) is 12.6. The molecule has 0 spiro atoms. The molecule has 0 radical (unpaired) electrons. The van der Waals surface area contributed by atoms with Crippen LogP contribution >= 0.6 is 15.9 Å². The average Bonchev–Trinajstić information content (AvgIpc) is 3.27. The molecule has 6 nitrogen and oxygen atoms in total. The van der Waals surface area contributed by atoms with Crippen molar-refractivity contribution in [1.29, 1.82) is 0 Å². The monoisotopic (exact) mass is 409 g/mol. The van der Waals surface area contributed by atoms with E-state index >= 15 is 0 Å². The number of benzene rings is 1. The summed E-state index contributed by atoms with van der Waals surface area (Å²) in [5.74, 6) is -1.20. The van der Waals surface area contributed by atoms with Gasteiger partial charge in [-0.1, -0.05) is 5.16 Å². The van der Waals surface area contributed by atoms with E-state index in [9.17, 15) is 13.6 Å². The maximum absolute atomic E-state index is 13.9. The highest BCUT2D eigenvalue weighted by atomic mass is 79.9. The highest BCUT2D eigenvalue weighted by molar-refractivity contribution is 9.10. The first-order valence-corrected chi connectivity index (χ1v) is 8.15. The van der Waals surface area contributed by atoms with E-state index in [1.165, 1.54) is 11.0 Å². The van der Waals surface area contributed by atoms with Crippen LogP contribution in [0.3, 0.4) is 0 Å². The van der Waals surface area contributed by atoms with Gasteiger partial charge >= 0.3 is 0 Å². The summed E-state index contributed by atoms with van der Waals surface area (Å²) in [5, 5.41) is 3.89. The molecule has 1 aliphatic rings. The van der Waals surface area contributed by atoms with Gasteiger partial charge in [0.15, 0.2) is 16.3 Å². The lowest BCUT2D eigenvalue weighted by Crippen LogP contribution is -2.25. The summed E-state index contributed by atoms with van der Waals surface area (Å²) in [4.78, 5) is 17.7. The van der Waals surface area contributed by atoms with E-state index in [4.69, 9.17) is 8.94 Å². The lowest BCUT2D eigenvalue weighted by molar-refractivity contribution is -0.117. The number of aromatic nitrogens is 2. The smallest absolute Gasteiger partial charge is 0.293 e. The van der Waals surface area contributed by atoms with E-state index < -0.39 is 11.6 Å². The lowest BCUT2D eigenvalue weighted by atomic mass is 10.1. The van der Waals surface area contributed by atoms with Gasteiger partial charge in [-0.25, -0.2) is 8.78 Å². The van der Waals surface area contributed by atoms with Crippen LogP contribution in [-0.2, 0) is 4.79 Å². The second kappa shape index (κ2) is 6.07. The molecule has 0 N–H and O–H groups in total. The molecule has 0 saturated carbocycles. The van der Waals surface area contributed by atoms with Gasteiger partial charge in [0.1, 0.15) is 11.6 Å². The first-order chi connectivity index (χ1) is 12.0. The fourth-order valence-corrected chi connectivity index (χ4v) is 3.05. The van der Waals surface area contributed by atoms with Gasteiger partial charge in [0, 0.05) is 24.9 Å². The van der Waals surface area contributed by atoms with Crippen LogP contribution in [0.4, 0.5) is 14.5 Å². The molecular weight excluding hydrogens is 400 g/mol. The van der Waals surface area contributed by atoms with E-state index in [0.29, 0.717) is 16.3 Å². The maximum Gasteiger partial charge on any atom is 0.293 e. The van der Waals surface area contributed by atoms with Gasteiger partial charge in [0.25, 0.3) is 5.89 Å². The number of furan rings is 1.